The van der Waals surface area contributed by atoms with E-state index in [1.165, 1.54) is 6.07 Å². The Morgan fingerprint density at radius 2 is 1.94 bits per heavy atom. The highest BCUT2D eigenvalue weighted by Gasteiger charge is 2.46. The van der Waals surface area contributed by atoms with Crippen LogP contribution in [0, 0.1) is 12.8 Å². The van der Waals surface area contributed by atoms with E-state index in [1.54, 1.807) is 25.1 Å². The summed E-state index contributed by atoms with van der Waals surface area (Å²) < 4.78 is 49.1. The number of aryl methyl sites for hydroxylation is 1. The molecule has 0 amide bonds. The van der Waals surface area contributed by atoms with Gasteiger partial charge in [0.15, 0.2) is 5.92 Å². The predicted molar refractivity (Wildman–Crippen MR) is 59.6 cm³/mol. The van der Waals surface area contributed by atoms with Crippen LogP contribution in [0.15, 0.2) is 29.2 Å². The lowest BCUT2D eigenvalue weighted by Gasteiger charge is -2.16. The minimum absolute atomic E-state index is 0.230. The first-order valence-corrected chi connectivity index (χ1v) is 6.29. The first-order valence-electron chi connectivity index (χ1n) is 4.97. The number of hydrogen-bond acceptors (Lipinski definition) is 2. The third-order valence-electron chi connectivity index (χ3n) is 2.35. The van der Waals surface area contributed by atoms with Gasteiger partial charge in [-0.15, -0.1) is 0 Å². The molecule has 7 heteroatoms. The molecule has 0 saturated heterocycles. The van der Waals surface area contributed by atoms with Crippen LogP contribution in [0.5, 0.6) is 0 Å². The highest BCUT2D eigenvalue weighted by Crippen LogP contribution is 2.28. The van der Waals surface area contributed by atoms with Crippen molar-refractivity contribution in [1.82, 2.24) is 0 Å². The van der Waals surface area contributed by atoms with Crippen molar-refractivity contribution < 1.29 is 27.3 Å². The molecule has 0 aliphatic carbocycles. The summed E-state index contributed by atoms with van der Waals surface area (Å²) in [6.07, 6.45) is -4.90. The van der Waals surface area contributed by atoms with Gasteiger partial charge in [0, 0.05) is 4.90 Å². The Bertz CT molecular complexity index is 471. The minimum atomic E-state index is -4.90. The average Bonchev–Trinajstić information content (AvgIpc) is 2.24. The molecule has 18 heavy (non-hydrogen) atoms. The average molecular weight is 280 g/mol. The third kappa shape index (κ3) is 3.56. The monoisotopic (exact) mass is 280 g/mol. The first-order chi connectivity index (χ1) is 8.23. The molecule has 0 radical (unpaired) electrons. The molecule has 2 atom stereocenters. The van der Waals surface area contributed by atoms with E-state index in [0.717, 1.165) is 0 Å². The predicted octanol–water partition coefficient (Wildman–Crippen LogP) is 2.37. The summed E-state index contributed by atoms with van der Waals surface area (Å²) >= 11 is 0. The van der Waals surface area contributed by atoms with Gasteiger partial charge in [0.25, 0.3) is 0 Å². The Labute approximate surface area is 104 Å². The maximum atomic E-state index is 12.4. The van der Waals surface area contributed by atoms with E-state index in [2.05, 4.69) is 0 Å². The van der Waals surface area contributed by atoms with E-state index in [9.17, 15) is 22.2 Å². The summed E-state index contributed by atoms with van der Waals surface area (Å²) in [7, 11) is -1.99. The molecule has 0 spiro atoms. The largest absolute Gasteiger partial charge is 0.481 e. The number of carboxylic acid groups (broad SMARTS) is 1. The zero-order valence-electron chi connectivity index (χ0n) is 9.40. The van der Waals surface area contributed by atoms with Crippen LogP contribution in [0.2, 0.25) is 0 Å². The van der Waals surface area contributed by atoms with E-state index in [4.69, 9.17) is 5.11 Å². The van der Waals surface area contributed by atoms with Gasteiger partial charge in [0.05, 0.1) is 16.6 Å². The normalized spacial score (nSPS) is 15.1. The lowest BCUT2D eigenvalue weighted by atomic mass is 10.2. The van der Waals surface area contributed by atoms with Crippen LogP contribution in [0.25, 0.3) is 0 Å². The fraction of sp³-hybridized carbons (Fsp3) is 0.364. The molecule has 0 heterocycles. The summed E-state index contributed by atoms with van der Waals surface area (Å²) in [5.74, 6) is -5.59. The van der Waals surface area contributed by atoms with Gasteiger partial charge in [-0.1, -0.05) is 18.2 Å². The van der Waals surface area contributed by atoms with Crippen LogP contribution >= 0.6 is 0 Å². The number of halogens is 3. The molecule has 1 rings (SSSR count). The fourth-order valence-corrected chi connectivity index (χ4v) is 2.83. The molecule has 1 N–H and O–H groups in total. The zero-order chi connectivity index (χ0) is 13.9. The topological polar surface area (TPSA) is 54.4 Å². The molecule has 0 bridgehead atoms. The molecule has 0 aromatic heterocycles. The Morgan fingerprint density at radius 1 is 1.39 bits per heavy atom. The van der Waals surface area contributed by atoms with Crippen LogP contribution in [0.4, 0.5) is 13.2 Å². The molecule has 0 aliphatic heterocycles. The number of rotatable bonds is 4. The second kappa shape index (κ2) is 5.51. The Kier molecular flexibility index (Phi) is 4.50. The number of benzene rings is 1. The van der Waals surface area contributed by atoms with Crippen molar-refractivity contribution in [2.24, 2.45) is 5.92 Å². The number of carbonyl (C=O) groups is 1. The molecule has 0 saturated carbocycles. The van der Waals surface area contributed by atoms with Gasteiger partial charge in [-0.05, 0) is 18.6 Å². The van der Waals surface area contributed by atoms with Crippen molar-refractivity contribution >= 4 is 16.8 Å². The lowest BCUT2D eigenvalue weighted by molar-refractivity contribution is -0.188. The minimum Gasteiger partial charge on any atom is -0.481 e. The number of alkyl halides is 3. The maximum absolute atomic E-state index is 12.4. The van der Waals surface area contributed by atoms with E-state index in [-0.39, 0.29) is 4.90 Å². The van der Waals surface area contributed by atoms with E-state index in [1.807, 2.05) is 0 Å². The summed E-state index contributed by atoms with van der Waals surface area (Å²) in [6.45, 7) is 1.61. The number of hydrogen-bond donors (Lipinski definition) is 1. The molecule has 0 aliphatic rings. The summed E-state index contributed by atoms with van der Waals surface area (Å²) in [6, 6.07) is 6.25. The molecule has 1 aromatic carbocycles. The van der Waals surface area contributed by atoms with E-state index >= 15 is 0 Å². The quantitative estimate of drug-likeness (QED) is 0.921. The SMILES string of the molecule is Cc1ccccc1S(=O)CC(C(=O)O)C(F)(F)F. The van der Waals surface area contributed by atoms with Crippen LogP contribution in [0.3, 0.4) is 0 Å². The molecule has 100 valence electrons. The van der Waals surface area contributed by atoms with Crippen LogP contribution in [0.1, 0.15) is 5.56 Å². The van der Waals surface area contributed by atoms with Gasteiger partial charge in [-0.2, -0.15) is 13.2 Å². The number of carboxylic acids is 1. The lowest BCUT2D eigenvalue weighted by Crippen LogP contribution is -2.35. The van der Waals surface area contributed by atoms with Gasteiger partial charge in [-0.25, -0.2) is 0 Å². The molecular weight excluding hydrogens is 269 g/mol. The highest BCUT2D eigenvalue weighted by atomic mass is 32.2. The molecule has 3 nitrogen and oxygen atoms in total. The van der Waals surface area contributed by atoms with Crippen molar-refractivity contribution in [2.75, 3.05) is 5.75 Å². The van der Waals surface area contributed by atoms with Crippen molar-refractivity contribution in [3.63, 3.8) is 0 Å². The standard InChI is InChI=1S/C11H11F3O3S/c1-7-4-2-3-5-9(7)18(17)6-8(10(15)16)11(12,13)14/h2-5,8H,6H2,1H3,(H,15,16). The van der Waals surface area contributed by atoms with Crippen molar-refractivity contribution in [1.29, 1.82) is 0 Å². The fourth-order valence-electron chi connectivity index (χ4n) is 1.36. The molecular formula is C11H11F3O3S. The maximum Gasteiger partial charge on any atom is 0.403 e. The van der Waals surface area contributed by atoms with Crippen molar-refractivity contribution in [2.45, 2.75) is 18.0 Å². The van der Waals surface area contributed by atoms with Gasteiger partial charge < -0.3 is 5.11 Å². The summed E-state index contributed by atoms with van der Waals surface area (Å²) in [5.41, 5.74) is 0.571. The molecule has 1 aromatic rings. The van der Waals surface area contributed by atoms with E-state index < -0.39 is 34.6 Å². The van der Waals surface area contributed by atoms with Gasteiger partial charge >= 0.3 is 12.1 Å². The number of aliphatic carboxylic acids is 1. The molecule has 2 unspecified atom stereocenters. The Balaban J connectivity index is 2.93. The molecule has 0 fully saturated rings. The summed E-state index contributed by atoms with van der Waals surface area (Å²) in [5, 5.41) is 8.52. The van der Waals surface area contributed by atoms with Crippen molar-refractivity contribution in [3.05, 3.63) is 29.8 Å². The van der Waals surface area contributed by atoms with Crippen LogP contribution in [-0.4, -0.2) is 27.2 Å². The van der Waals surface area contributed by atoms with Crippen LogP contribution in [-0.2, 0) is 15.6 Å². The Morgan fingerprint density at radius 3 is 2.39 bits per heavy atom. The van der Waals surface area contributed by atoms with Gasteiger partial charge in [0.1, 0.15) is 0 Å². The third-order valence-corrected chi connectivity index (χ3v) is 3.93. The second-order valence-corrected chi connectivity index (χ2v) is 5.17. The van der Waals surface area contributed by atoms with Crippen molar-refractivity contribution in [3.8, 4) is 0 Å². The highest BCUT2D eigenvalue weighted by molar-refractivity contribution is 7.85. The summed E-state index contributed by atoms with van der Waals surface area (Å²) in [4.78, 5) is 10.8. The van der Waals surface area contributed by atoms with E-state index in [0.29, 0.717) is 5.56 Å². The van der Waals surface area contributed by atoms with Crippen LogP contribution < -0.4 is 0 Å². The van der Waals surface area contributed by atoms with Gasteiger partial charge in [-0.3, -0.25) is 9.00 Å². The smallest absolute Gasteiger partial charge is 0.403 e. The first kappa shape index (κ1) is 14.7. The Hall–Kier alpha value is -1.37. The second-order valence-electron chi connectivity index (χ2n) is 3.71. The zero-order valence-corrected chi connectivity index (χ0v) is 10.2. The van der Waals surface area contributed by atoms with Gasteiger partial charge in [0.2, 0.25) is 0 Å².